The first-order valence-corrected chi connectivity index (χ1v) is 10.7. The van der Waals surface area contributed by atoms with Gasteiger partial charge in [-0.2, -0.15) is 9.50 Å². The molecule has 2 aliphatic rings. The Morgan fingerprint density at radius 2 is 2.07 bits per heavy atom. The van der Waals surface area contributed by atoms with E-state index in [1.54, 1.807) is 0 Å². The summed E-state index contributed by atoms with van der Waals surface area (Å²) >= 11 is 1.38. The second-order valence-corrected chi connectivity index (χ2v) is 8.18. The number of fused-ring (bicyclic) bond motifs is 1. The largest absolute Gasteiger partial charge is 0.349 e. The van der Waals surface area contributed by atoms with Crippen LogP contribution in [0.15, 0.2) is 10.9 Å². The van der Waals surface area contributed by atoms with Crippen molar-refractivity contribution in [2.24, 2.45) is 0 Å². The molecule has 0 saturated carbocycles. The molecule has 2 aromatic rings. The number of likely N-dealkylation sites (tertiary alicyclic amines) is 1. The summed E-state index contributed by atoms with van der Waals surface area (Å²) in [6.07, 6.45) is 5.78. The van der Waals surface area contributed by atoms with E-state index in [1.165, 1.54) is 34.8 Å². The molecule has 2 aromatic heterocycles. The quantitative estimate of drug-likeness (QED) is 0.830. The van der Waals surface area contributed by atoms with Crippen LogP contribution in [0.3, 0.4) is 0 Å². The summed E-state index contributed by atoms with van der Waals surface area (Å²) in [4.78, 5) is 33.9. The van der Waals surface area contributed by atoms with Crippen molar-refractivity contribution in [2.45, 2.75) is 45.1 Å². The van der Waals surface area contributed by atoms with E-state index in [1.807, 2.05) is 0 Å². The lowest BCUT2D eigenvalue weighted by Crippen LogP contribution is -2.40. The molecule has 0 bridgehead atoms. The normalized spacial score (nSPS) is 21.1. The molecule has 2 fully saturated rings. The average Bonchev–Trinajstić information content (AvgIpc) is 3.32. The van der Waals surface area contributed by atoms with Crippen molar-refractivity contribution in [3.8, 4) is 0 Å². The van der Waals surface area contributed by atoms with Crippen molar-refractivity contribution in [3.63, 3.8) is 0 Å². The Morgan fingerprint density at radius 1 is 1.26 bits per heavy atom. The Balaban J connectivity index is 1.55. The zero-order valence-corrected chi connectivity index (χ0v) is 16.5. The molecule has 0 aliphatic carbocycles. The predicted molar refractivity (Wildman–Crippen MR) is 106 cm³/mol. The van der Waals surface area contributed by atoms with Crippen molar-refractivity contribution in [2.75, 3.05) is 37.6 Å². The van der Waals surface area contributed by atoms with E-state index in [9.17, 15) is 9.59 Å². The first-order valence-electron chi connectivity index (χ1n) is 9.84. The van der Waals surface area contributed by atoms with Crippen molar-refractivity contribution < 1.29 is 4.79 Å². The molecule has 0 spiro atoms. The van der Waals surface area contributed by atoms with E-state index in [0.29, 0.717) is 17.5 Å². The minimum absolute atomic E-state index is 0.261. The van der Waals surface area contributed by atoms with Gasteiger partial charge in [0, 0.05) is 31.7 Å². The topological polar surface area (TPSA) is 82.8 Å². The Hall–Kier alpha value is -2.00. The molecule has 0 radical (unpaired) electrons. The van der Waals surface area contributed by atoms with Crippen LogP contribution in [0.25, 0.3) is 4.96 Å². The van der Waals surface area contributed by atoms with E-state index in [2.05, 4.69) is 32.1 Å². The van der Waals surface area contributed by atoms with Crippen LogP contribution in [-0.4, -0.2) is 64.2 Å². The van der Waals surface area contributed by atoms with Gasteiger partial charge in [-0.3, -0.25) is 14.5 Å². The summed E-state index contributed by atoms with van der Waals surface area (Å²) in [5.41, 5.74) is -0.129. The third-order valence-corrected chi connectivity index (χ3v) is 6.48. The molecular weight excluding hydrogens is 364 g/mol. The lowest BCUT2D eigenvalue weighted by atomic mass is 10.1. The van der Waals surface area contributed by atoms with Gasteiger partial charge in [0.15, 0.2) is 0 Å². The van der Waals surface area contributed by atoms with E-state index < -0.39 is 5.56 Å². The summed E-state index contributed by atoms with van der Waals surface area (Å²) in [6.45, 7) is 6.73. The molecule has 27 heavy (non-hydrogen) atoms. The molecule has 4 rings (SSSR count). The van der Waals surface area contributed by atoms with Gasteiger partial charge in [0.1, 0.15) is 5.69 Å². The number of rotatable bonds is 5. The van der Waals surface area contributed by atoms with Crippen LogP contribution < -0.4 is 15.8 Å². The maximum atomic E-state index is 12.8. The fraction of sp³-hybridized carbons (Fsp3) is 0.667. The Kier molecular flexibility index (Phi) is 5.40. The van der Waals surface area contributed by atoms with Crippen LogP contribution >= 0.6 is 11.3 Å². The molecule has 146 valence electrons. The van der Waals surface area contributed by atoms with E-state index in [0.717, 1.165) is 50.6 Å². The van der Waals surface area contributed by atoms with Crippen LogP contribution in [0.2, 0.25) is 0 Å². The third kappa shape index (κ3) is 3.84. The predicted octanol–water partition coefficient (Wildman–Crippen LogP) is 1.36. The summed E-state index contributed by atoms with van der Waals surface area (Å²) in [5.74, 6) is -0.261. The molecule has 1 atom stereocenters. The second kappa shape index (κ2) is 7.93. The highest BCUT2D eigenvalue weighted by molar-refractivity contribution is 7.20. The Labute approximate surface area is 162 Å². The smallest absolute Gasteiger partial charge is 0.274 e. The van der Waals surface area contributed by atoms with Crippen LogP contribution in [-0.2, 0) is 0 Å². The fourth-order valence-electron chi connectivity index (χ4n) is 4.02. The zero-order valence-electron chi connectivity index (χ0n) is 15.7. The molecule has 2 saturated heterocycles. The highest BCUT2D eigenvalue weighted by Gasteiger charge is 2.25. The Morgan fingerprint density at radius 3 is 2.85 bits per heavy atom. The van der Waals surface area contributed by atoms with Crippen molar-refractivity contribution in [3.05, 3.63) is 22.1 Å². The minimum Gasteiger partial charge on any atom is -0.349 e. The number of nitrogens with zero attached hydrogens (tertiary/aromatic N) is 5. The van der Waals surface area contributed by atoms with Crippen molar-refractivity contribution in [1.82, 2.24) is 24.8 Å². The lowest BCUT2D eigenvalue weighted by Gasteiger charge is -2.25. The van der Waals surface area contributed by atoms with Gasteiger partial charge in [-0.05, 0) is 45.2 Å². The molecular formula is C18H26N6O2S. The summed E-state index contributed by atoms with van der Waals surface area (Å²) in [5, 5.41) is 8.42. The molecule has 1 amide bonds. The average molecular weight is 391 g/mol. The lowest BCUT2D eigenvalue weighted by molar-refractivity contribution is 0.0933. The number of piperidine rings is 1. The molecule has 0 aromatic carbocycles. The third-order valence-electron chi connectivity index (χ3n) is 5.51. The van der Waals surface area contributed by atoms with Crippen LogP contribution in [0.5, 0.6) is 0 Å². The van der Waals surface area contributed by atoms with Gasteiger partial charge < -0.3 is 10.2 Å². The van der Waals surface area contributed by atoms with Gasteiger partial charge in [-0.15, -0.1) is 5.10 Å². The van der Waals surface area contributed by atoms with Gasteiger partial charge in [-0.1, -0.05) is 18.3 Å². The highest BCUT2D eigenvalue weighted by Crippen LogP contribution is 2.25. The number of nitrogens with one attached hydrogen (secondary N) is 1. The molecule has 0 unspecified atom stereocenters. The standard InChI is InChI=1S/C18H26N6O2S/c1-2-22-10-6-7-13(22)12-19-16(26)14-11-15(25)20-17-24(14)21-18(27-17)23-8-4-3-5-9-23/h11,13H,2-10,12H2,1H3,(H,19,26)/t13-/m1/s1. The second-order valence-electron chi connectivity index (χ2n) is 7.24. The highest BCUT2D eigenvalue weighted by atomic mass is 32.1. The van der Waals surface area contributed by atoms with Crippen molar-refractivity contribution >= 4 is 27.3 Å². The van der Waals surface area contributed by atoms with Crippen LogP contribution in [0.4, 0.5) is 5.13 Å². The van der Waals surface area contributed by atoms with Gasteiger partial charge in [0.05, 0.1) is 0 Å². The zero-order chi connectivity index (χ0) is 18.8. The summed E-state index contributed by atoms with van der Waals surface area (Å²) in [7, 11) is 0. The maximum absolute atomic E-state index is 12.8. The monoisotopic (exact) mass is 390 g/mol. The number of aromatic nitrogens is 3. The van der Waals surface area contributed by atoms with E-state index in [-0.39, 0.29) is 11.6 Å². The number of amides is 1. The number of likely N-dealkylation sites (N-methyl/N-ethyl adjacent to an activating group) is 1. The fourth-order valence-corrected chi connectivity index (χ4v) is 4.98. The maximum Gasteiger partial charge on any atom is 0.274 e. The molecule has 4 heterocycles. The van der Waals surface area contributed by atoms with E-state index in [4.69, 9.17) is 0 Å². The van der Waals surface area contributed by atoms with Gasteiger partial charge >= 0.3 is 0 Å². The Bertz CT molecular complexity index is 872. The van der Waals surface area contributed by atoms with Gasteiger partial charge in [0.2, 0.25) is 10.1 Å². The molecule has 8 nitrogen and oxygen atoms in total. The number of hydrogen-bond acceptors (Lipinski definition) is 7. The molecule has 2 aliphatic heterocycles. The minimum atomic E-state index is -0.398. The van der Waals surface area contributed by atoms with Crippen LogP contribution in [0.1, 0.15) is 49.5 Å². The first kappa shape index (κ1) is 18.4. The number of carbonyl (C=O) groups excluding carboxylic acids is 1. The number of anilines is 1. The molecule has 9 heteroatoms. The van der Waals surface area contributed by atoms with Crippen molar-refractivity contribution in [1.29, 1.82) is 0 Å². The molecule has 1 N–H and O–H groups in total. The van der Waals surface area contributed by atoms with Gasteiger partial charge in [-0.25, -0.2) is 0 Å². The number of carbonyl (C=O) groups is 1. The number of hydrogen-bond donors (Lipinski definition) is 1. The first-order chi connectivity index (χ1) is 13.2. The van der Waals surface area contributed by atoms with Gasteiger partial charge in [0.25, 0.3) is 11.5 Å². The SMILES string of the molecule is CCN1CCC[C@@H]1CNC(=O)c1cc(=O)nc2sc(N3CCCCC3)nn12. The summed E-state index contributed by atoms with van der Waals surface area (Å²) < 4.78 is 1.53. The van der Waals surface area contributed by atoms with Crippen LogP contribution in [0, 0.1) is 0 Å². The summed E-state index contributed by atoms with van der Waals surface area (Å²) in [6, 6.07) is 1.65. The van der Waals surface area contributed by atoms with E-state index >= 15 is 0 Å².